The van der Waals surface area contributed by atoms with Gasteiger partial charge in [-0.15, -0.1) is 0 Å². The number of carbonyl (C=O) groups is 2. The fraction of sp³-hybridized carbons (Fsp3) is 0.300. The van der Waals surface area contributed by atoms with Crippen LogP contribution in [-0.2, 0) is 10.5 Å². The second kappa shape index (κ2) is 9.15. The van der Waals surface area contributed by atoms with Crippen LogP contribution in [0, 0.1) is 0 Å². The summed E-state index contributed by atoms with van der Waals surface area (Å²) < 4.78 is 0. The third-order valence-electron chi connectivity index (χ3n) is 4.22. The van der Waals surface area contributed by atoms with Crippen LogP contribution in [0.25, 0.3) is 0 Å². The summed E-state index contributed by atoms with van der Waals surface area (Å²) in [6.45, 7) is 2.63. The maximum absolute atomic E-state index is 12.4. The van der Waals surface area contributed by atoms with E-state index in [2.05, 4.69) is 16.0 Å². The molecule has 1 atom stereocenters. The van der Waals surface area contributed by atoms with Crippen LogP contribution in [0.2, 0.25) is 5.02 Å². The van der Waals surface area contributed by atoms with E-state index in [-0.39, 0.29) is 17.9 Å². The van der Waals surface area contributed by atoms with E-state index in [0.29, 0.717) is 23.5 Å². The summed E-state index contributed by atoms with van der Waals surface area (Å²) in [7, 11) is 0. The first-order chi connectivity index (χ1) is 13.1. The topological polar surface area (TPSA) is 70.2 Å². The number of halogens is 1. The van der Waals surface area contributed by atoms with Crippen molar-refractivity contribution in [3.63, 3.8) is 0 Å². The highest BCUT2D eigenvalue weighted by atomic mass is 35.5. The van der Waals surface area contributed by atoms with Crippen molar-refractivity contribution in [2.75, 3.05) is 22.9 Å². The van der Waals surface area contributed by atoms with Crippen LogP contribution >= 0.6 is 23.4 Å². The summed E-state index contributed by atoms with van der Waals surface area (Å²) >= 11 is 7.82. The Hall–Kier alpha value is -2.18. The molecule has 0 fully saturated rings. The van der Waals surface area contributed by atoms with E-state index < -0.39 is 0 Å². The molecule has 1 unspecified atom stereocenters. The van der Waals surface area contributed by atoms with Gasteiger partial charge in [0.15, 0.2) is 0 Å². The summed E-state index contributed by atoms with van der Waals surface area (Å²) in [4.78, 5) is 24.5. The fourth-order valence-electron chi connectivity index (χ4n) is 2.75. The summed E-state index contributed by atoms with van der Waals surface area (Å²) in [5.41, 5.74) is 3.06. The summed E-state index contributed by atoms with van der Waals surface area (Å²) in [5.74, 6) is 1.13. The van der Waals surface area contributed by atoms with Gasteiger partial charge in [0.25, 0.3) is 5.91 Å². The number of carbonyl (C=O) groups excluding carboxylic acids is 2. The van der Waals surface area contributed by atoms with Gasteiger partial charge < -0.3 is 16.0 Å². The van der Waals surface area contributed by atoms with Crippen LogP contribution in [0.4, 0.5) is 11.4 Å². The van der Waals surface area contributed by atoms with E-state index in [0.717, 1.165) is 28.4 Å². The molecule has 5 nitrogen and oxygen atoms in total. The molecule has 1 aliphatic rings. The Labute approximate surface area is 168 Å². The Morgan fingerprint density at radius 1 is 1.22 bits per heavy atom. The van der Waals surface area contributed by atoms with Gasteiger partial charge >= 0.3 is 0 Å². The van der Waals surface area contributed by atoms with E-state index in [1.54, 1.807) is 23.9 Å². The molecule has 0 aliphatic carbocycles. The molecular weight excluding hydrogens is 382 g/mol. The van der Waals surface area contributed by atoms with E-state index in [1.807, 2.05) is 37.3 Å². The molecule has 0 spiro atoms. The Balaban J connectivity index is 1.60. The number of nitrogens with one attached hydrogen (secondary N) is 3. The van der Waals surface area contributed by atoms with Crippen molar-refractivity contribution in [1.29, 1.82) is 0 Å². The maximum atomic E-state index is 12.4. The molecule has 3 N–H and O–H groups in total. The number of anilines is 2. The lowest BCUT2D eigenvalue weighted by atomic mass is 10.1. The van der Waals surface area contributed by atoms with Crippen LogP contribution in [0.5, 0.6) is 0 Å². The van der Waals surface area contributed by atoms with Gasteiger partial charge in [-0.05, 0) is 36.2 Å². The molecule has 7 heteroatoms. The van der Waals surface area contributed by atoms with Gasteiger partial charge in [-0.1, -0.05) is 36.7 Å². The van der Waals surface area contributed by atoms with Crippen molar-refractivity contribution in [3.8, 4) is 0 Å². The number of benzene rings is 2. The molecule has 2 amide bonds. The highest BCUT2D eigenvalue weighted by Gasteiger charge is 2.26. The van der Waals surface area contributed by atoms with Gasteiger partial charge in [0.1, 0.15) is 6.04 Å². The van der Waals surface area contributed by atoms with Crippen molar-refractivity contribution >= 4 is 46.6 Å². The first kappa shape index (κ1) is 19.6. The number of hydrogen-bond acceptors (Lipinski definition) is 4. The molecule has 27 heavy (non-hydrogen) atoms. The van der Waals surface area contributed by atoms with Crippen LogP contribution in [-0.4, -0.2) is 30.2 Å². The largest absolute Gasteiger partial charge is 0.371 e. The zero-order valence-corrected chi connectivity index (χ0v) is 16.6. The van der Waals surface area contributed by atoms with Crippen LogP contribution < -0.4 is 16.0 Å². The molecule has 0 saturated heterocycles. The van der Waals surface area contributed by atoms with Crippen LogP contribution in [0.15, 0.2) is 42.5 Å². The Morgan fingerprint density at radius 3 is 2.81 bits per heavy atom. The van der Waals surface area contributed by atoms with E-state index in [9.17, 15) is 9.59 Å². The second-order valence-electron chi connectivity index (χ2n) is 6.31. The van der Waals surface area contributed by atoms with Crippen molar-refractivity contribution < 1.29 is 9.59 Å². The standard InChI is InChI=1S/C20H22ClN3O2S/c1-2-9-22-19(25)13-7-8-16-17(10-13)24-20(26)18(23-16)12-27-11-14-5-3-4-6-15(14)21/h3-8,10,18,23H,2,9,11-12H2,1H3,(H,22,25)(H,24,26). The molecule has 142 valence electrons. The fourth-order valence-corrected chi connectivity index (χ4v) is 4.09. The number of hydrogen-bond donors (Lipinski definition) is 3. The summed E-state index contributed by atoms with van der Waals surface area (Å²) in [6, 6.07) is 12.7. The third-order valence-corrected chi connectivity index (χ3v) is 5.67. The molecule has 0 radical (unpaired) electrons. The highest BCUT2D eigenvalue weighted by molar-refractivity contribution is 7.98. The van der Waals surface area contributed by atoms with Crippen LogP contribution in [0.1, 0.15) is 29.3 Å². The minimum atomic E-state index is -0.329. The average molecular weight is 404 g/mol. The van der Waals surface area contributed by atoms with Gasteiger partial charge in [-0.3, -0.25) is 9.59 Å². The number of thioether (sulfide) groups is 1. The first-order valence-corrected chi connectivity index (χ1v) is 10.4. The van der Waals surface area contributed by atoms with E-state index in [4.69, 9.17) is 11.6 Å². The predicted octanol–water partition coefficient (Wildman–Crippen LogP) is 4.15. The minimum absolute atomic E-state index is 0.0970. The molecular formula is C20H22ClN3O2S. The van der Waals surface area contributed by atoms with Crippen molar-refractivity contribution in [2.24, 2.45) is 0 Å². The van der Waals surface area contributed by atoms with E-state index >= 15 is 0 Å². The normalized spacial score (nSPS) is 15.5. The maximum Gasteiger partial charge on any atom is 0.251 e. The third kappa shape index (κ3) is 4.96. The predicted molar refractivity (Wildman–Crippen MR) is 113 cm³/mol. The average Bonchev–Trinajstić information content (AvgIpc) is 2.67. The quantitative estimate of drug-likeness (QED) is 0.649. The lowest BCUT2D eigenvalue weighted by Crippen LogP contribution is -2.40. The molecule has 2 aromatic carbocycles. The lowest BCUT2D eigenvalue weighted by Gasteiger charge is -2.27. The minimum Gasteiger partial charge on any atom is -0.371 e. The monoisotopic (exact) mass is 403 g/mol. The van der Waals surface area contributed by atoms with Gasteiger partial charge in [0.2, 0.25) is 5.91 Å². The van der Waals surface area contributed by atoms with Gasteiger partial charge in [-0.2, -0.15) is 11.8 Å². The molecule has 1 aliphatic heterocycles. The first-order valence-electron chi connectivity index (χ1n) is 8.89. The Morgan fingerprint density at radius 2 is 2.04 bits per heavy atom. The SMILES string of the molecule is CCCNC(=O)c1ccc2c(c1)NC(=O)C(CSCc1ccccc1Cl)N2. The Kier molecular flexibility index (Phi) is 6.63. The molecule has 0 saturated carbocycles. The van der Waals surface area contributed by atoms with Gasteiger partial charge in [-0.25, -0.2) is 0 Å². The Bertz CT molecular complexity index is 844. The van der Waals surface area contributed by atoms with Gasteiger partial charge in [0, 0.05) is 28.6 Å². The summed E-state index contributed by atoms with van der Waals surface area (Å²) in [6.07, 6.45) is 0.877. The molecule has 1 heterocycles. The van der Waals surface area contributed by atoms with Crippen molar-refractivity contribution in [3.05, 3.63) is 58.6 Å². The van der Waals surface area contributed by atoms with Crippen molar-refractivity contribution in [1.82, 2.24) is 5.32 Å². The number of amides is 2. The molecule has 0 aromatic heterocycles. The second-order valence-corrected chi connectivity index (χ2v) is 7.75. The number of rotatable bonds is 7. The molecule has 3 rings (SSSR count). The van der Waals surface area contributed by atoms with Crippen molar-refractivity contribution in [2.45, 2.75) is 25.1 Å². The molecule has 0 bridgehead atoms. The molecule has 2 aromatic rings. The smallest absolute Gasteiger partial charge is 0.251 e. The zero-order chi connectivity index (χ0) is 19.2. The summed E-state index contributed by atoms with van der Waals surface area (Å²) in [5, 5.41) is 9.74. The number of fused-ring (bicyclic) bond motifs is 1. The van der Waals surface area contributed by atoms with Gasteiger partial charge in [0.05, 0.1) is 11.4 Å². The highest BCUT2D eigenvalue weighted by Crippen LogP contribution is 2.29. The van der Waals surface area contributed by atoms with Crippen LogP contribution in [0.3, 0.4) is 0 Å². The lowest BCUT2D eigenvalue weighted by molar-refractivity contribution is -0.116. The zero-order valence-electron chi connectivity index (χ0n) is 15.0. The van der Waals surface area contributed by atoms with E-state index in [1.165, 1.54) is 0 Å².